The highest BCUT2D eigenvalue weighted by Crippen LogP contribution is 2.36. The molecule has 3 aromatic rings. The molecule has 4 heteroatoms. The molecule has 0 saturated carbocycles. The Balaban J connectivity index is 1.42. The van der Waals surface area contributed by atoms with Gasteiger partial charge in [-0.05, 0) is 55.3 Å². The third kappa shape index (κ3) is 2.95. The summed E-state index contributed by atoms with van der Waals surface area (Å²) in [5.74, 6) is 1.37. The van der Waals surface area contributed by atoms with Gasteiger partial charge in [-0.1, -0.05) is 30.3 Å². The number of benzene rings is 1. The van der Waals surface area contributed by atoms with Crippen molar-refractivity contribution in [3.63, 3.8) is 0 Å². The summed E-state index contributed by atoms with van der Waals surface area (Å²) >= 11 is 0. The van der Waals surface area contributed by atoms with Crippen LogP contribution < -0.4 is 4.74 Å². The minimum Gasteiger partial charge on any atom is -0.472 e. The minimum atomic E-state index is 0.200. The second kappa shape index (κ2) is 6.69. The minimum absolute atomic E-state index is 0.200. The molecule has 0 unspecified atom stereocenters. The maximum absolute atomic E-state index is 6.51. The first kappa shape index (κ1) is 15.8. The van der Waals surface area contributed by atoms with E-state index in [0.717, 1.165) is 17.7 Å². The van der Waals surface area contributed by atoms with Crippen molar-refractivity contribution in [3.8, 4) is 5.88 Å². The average Bonchev–Trinajstić information content (AvgIpc) is 2.71. The number of rotatable bonds is 4. The predicted octanol–water partition coefficient (Wildman–Crippen LogP) is 3.71. The maximum atomic E-state index is 6.51. The lowest BCUT2D eigenvalue weighted by Gasteiger charge is -2.50. The van der Waals surface area contributed by atoms with Crippen LogP contribution in [0.2, 0.25) is 0 Å². The number of fused-ring (bicyclic) bond motifs is 4. The average molecular weight is 345 g/mol. The summed E-state index contributed by atoms with van der Waals surface area (Å²) in [4.78, 5) is 11.5. The van der Waals surface area contributed by atoms with Gasteiger partial charge in [-0.2, -0.15) is 0 Å². The highest BCUT2D eigenvalue weighted by atomic mass is 16.5. The number of ether oxygens (including phenoxy) is 1. The van der Waals surface area contributed by atoms with Crippen molar-refractivity contribution >= 4 is 10.8 Å². The van der Waals surface area contributed by atoms with E-state index < -0.39 is 0 Å². The lowest BCUT2D eigenvalue weighted by atomic mass is 9.78. The zero-order valence-corrected chi connectivity index (χ0v) is 14.8. The fourth-order valence-corrected chi connectivity index (χ4v) is 4.55. The number of nitrogens with zero attached hydrogens (tertiary/aromatic N) is 3. The molecule has 2 bridgehead atoms. The van der Waals surface area contributed by atoms with Crippen molar-refractivity contribution in [2.24, 2.45) is 5.92 Å². The Kier molecular flexibility index (Phi) is 4.06. The van der Waals surface area contributed by atoms with Gasteiger partial charge in [0.1, 0.15) is 6.10 Å². The molecule has 5 heterocycles. The Morgan fingerprint density at radius 3 is 2.65 bits per heavy atom. The van der Waals surface area contributed by atoms with Gasteiger partial charge < -0.3 is 4.74 Å². The van der Waals surface area contributed by atoms with Crippen molar-refractivity contribution in [3.05, 3.63) is 66.6 Å². The zero-order valence-electron chi connectivity index (χ0n) is 14.8. The van der Waals surface area contributed by atoms with Gasteiger partial charge >= 0.3 is 0 Å². The van der Waals surface area contributed by atoms with E-state index in [1.54, 1.807) is 0 Å². The van der Waals surface area contributed by atoms with Gasteiger partial charge in [0.15, 0.2) is 0 Å². The second-order valence-electron chi connectivity index (χ2n) is 7.46. The molecular weight excluding hydrogens is 322 g/mol. The van der Waals surface area contributed by atoms with Crippen molar-refractivity contribution in [1.29, 1.82) is 0 Å². The molecule has 0 amide bonds. The van der Waals surface area contributed by atoms with Crippen LogP contribution in [0.25, 0.3) is 10.8 Å². The van der Waals surface area contributed by atoms with E-state index in [1.165, 1.54) is 36.9 Å². The smallest absolute Gasteiger partial charge is 0.214 e. The van der Waals surface area contributed by atoms with Crippen LogP contribution >= 0.6 is 0 Å². The van der Waals surface area contributed by atoms with Crippen LogP contribution in [-0.4, -0.2) is 40.1 Å². The predicted molar refractivity (Wildman–Crippen MR) is 102 cm³/mol. The summed E-state index contributed by atoms with van der Waals surface area (Å²) in [5, 5.41) is 2.34. The van der Waals surface area contributed by atoms with Crippen LogP contribution in [0.4, 0.5) is 0 Å². The SMILES string of the molecule is c1cncc(C[C@@H]2[C@@H](Oc3cc4ccccc4cn3)C3CCN2CC3)c1. The van der Waals surface area contributed by atoms with Crippen LogP contribution in [0.1, 0.15) is 18.4 Å². The molecule has 0 N–H and O–H groups in total. The molecule has 0 radical (unpaired) electrons. The van der Waals surface area contributed by atoms with E-state index in [4.69, 9.17) is 4.74 Å². The van der Waals surface area contributed by atoms with Gasteiger partial charge in [0.2, 0.25) is 5.88 Å². The number of aromatic nitrogens is 2. The van der Waals surface area contributed by atoms with Gasteiger partial charge in [-0.15, -0.1) is 0 Å². The van der Waals surface area contributed by atoms with Gasteiger partial charge in [-0.3, -0.25) is 9.88 Å². The largest absolute Gasteiger partial charge is 0.472 e. The fraction of sp³-hybridized carbons (Fsp3) is 0.364. The van der Waals surface area contributed by atoms with Crippen LogP contribution in [0, 0.1) is 5.92 Å². The molecule has 0 aliphatic carbocycles. The van der Waals surface area contributed by atoms with Gasteiger partial charge in [-0.25, -0.2) is 4.98 Å². The first-order valence-corrected chi connectivity index (χ1v) is 9.51. The summed E-state index contributed by atoms with van der Waals surface area (Å²) in [6.45, 7) is 2.36. The molecule has 2 aromatic heterocycles. The third-order valence-corrected chi connectivity index (χ3v) is 5.92. The Labute approximate surface area is 153 Å². The van der Waals surface area contributed by atoms with Crippen LogP contribution in [0.15, 0.2) is 61.1 Å². The summed E-state index contributed by atoms with van der Waals surface area (Å²) in [5.41, 5.74) is 1.28. The number of piperidine rings is 3. The molecule has 3 aliphatic rings. The van der Waals surface area contributed by atoms with E-state index in [9.17, 15) is 0 Å². The Morgan fingerprint density at radius 1 is 1.00 bits per heavy atom. The first-order valence-electron chi connectivity index (χ1n) is 9.51. The third-order valence-electron chi connectivity index (χ3n) is 5.92. The normalized spacial score (nSPS) is 27.5. The van der Waals surface area contributed by atoms with Crippen molar-refractivity contribution in [2.45, 2.75) is 31.4 Å². The van der Waals surface area contributed by atoms with E-state index in [-0.39, 0.29) is 6.10 Å². The topological polar surface area (TPSA) is 38.3 Å². The highest BCUT2D eigenvalue weighted by Gasteiger charge is 2.43. The maximum Gasteiger partial charge on any atom is 0.214 e. The molecule has 3 aliphatic heterocycles. The lowest BCUT2D eigenvalue weighted by molar-refractivity contribution is -0.0595. The van der Waals surface area contributed by atoms with Crippen molar-refractivity contribution < 1.29 is 4.74 Å². The quantitative estimate of drug-likeness (QED) is 0.722. The Morgan fingerprint density at radius 2 is 1.85 bits per heavy atom. The van der Waals surface area contributed by atoms with Crippen molar-refractivity contribution in [2.75, 3.05) is 13.1 Å². The Hall–Kier alpha value is -2.46. The molecule has 0 spiro atoms. The standard InChI is InChI=1S/C22H23N3O/c1-2-6-19-15-24-21(13-18(19)5-1)26-22-17-7-10-25(11-8-17)20(22)12-16-4-3-9-23-14-16/h1-6,9,13-15,17,20,22H,7-8,10-12H2/t20-,22+/m1/s1. The lowest BCUT2D eigenvalue weighted by Crippen LogP contribution is -2.60. The number of hydrogen-bond acceptors (Lipinski definition) is 4. The van der Waals surface area contributed by atoms with Crippen molar-refractivity contribution in [1.82, 2.24) is 14.9 Å². The molecule has 3 saturated heterocycles. The van der Waals surface area contributed by atoms with Crippen LogP contribution in [-0.2, 0) is 6.42 Å². The second-order valence-corrected chi connectivity index (χ2v) is 7.46. The molecule has 4 nitrogen and oxygen atoms in total. The fourth-order valence-electron chi connectivity index (χ4n) is 4.55. The monoisotopic (exact) mass is 345 g/mol. The Bertz CT molecular complexity index is 890. The zero-order chi connectivity index (χ0) is 17.3. The van der Waals surface area contributed by atoms with Gasteiger partial charge in [0.05, 0.1) is 6.04 Å². The molecular formula is C22H23N3O. The summed E-state index contributed by atoms with van der Waals surface area (Å²) in [6, 6.07) is 15.0. The van der Waals surface area contributed by atoms with Gasteiger partial charge in [0, 0.05) is 30.0 Å². The van der Waals surface area contributed by atoms with E-state index >= 15 is 0 Å². The summed E-state index contributed by atoms with van der Waals surface area (Å²) < 4.78 is 6.51. The van der Waals surface area contributed by atoms with E-state index in [0.29, 0.717) is 12.0 Å². The number of pyridine rings is 2. The van der Waals surface area contributed by atoms with Crippen LogP contribution in [0.5, 0.6) is 5.88 Å². The molecule has 2 atom stereocenters. The van der Waals surface area contributed by atoms with E-state index in [2.05, 4.69) is 45.2 Å². The number of hydrogen-bond donors (Lipinski definition) is 0. The summed E-state index contributed by atoms with van der Waals surface area (Å²) in [6.07, 6.45) is 9.37. The van der Waals surface area contributed by atoms with Gasteiger partial charge in [0.25, 0.3) is 0 Å². The molecule has 1 aromatic carbocycles. The molecule has 6 rings (SSSR count). The summed E-state index contributed by atoms with van der Waals surface area (Å²) in [7, 11) is 0. The van der Waals surface area contributed by atoms with E-state index in [1.807, 2.05) is 30.7 Å². The first-order chi connectivity index (χ1) is 12.9. The molecule has 26 heavy (non-hydrogen) atoms. The highest BCUT2D eigenvalue weighted by molar-refractivity contribution is 5.82. The molecule has 3 fully saturated rings. The molecule has 132 valence electrons. The van der Waals surface area contributed by atoms with Crippen LogP contribution in [0.3, 0.4) is 0 Å².